The second-order valence-corrected chi connectivity index (χ2v) is 2.79. The number of hydrogen-bond acceptors (Lipinski definition) is 3. The lowest BCUT2D eigenvalue weighted by atomic mass is 10.7. The molecule has 8 heavy (non-hydrogen) atoms. The summed E-state index contributed by atoms with van der Waals surface area (Å²) in [6.07, 6.45) is 0. The van der Waals surface area contributed by atoms with Crippen molar-refractivity contribution in [2.24, 2.45) is 5.73 Å². The highest BCUT2D eigenvalue weighted by atomic mass is 32.2. The van der Waals surface area contributed by atoms with Gasteiger partial charge in [0.05, 0.1) is 0 Å². The molecule has 2 nitrogen and oxygen atoms in total. The normalized spacial score (nSPS) is 8.62. The molecule has 0 unspecified atom stereocenters. The molecular weight excluding hydrogens is 142 g/mol. The van der Waals surface area contributed by atoms with Gasteiger partial charge in [-0.3, -0.25) is 4.79 Å². The van der Waals surface area contributed by atoms with Crippen LogP contribution in [0, 0.1) is 0 Å². The first-order chi connectivity index (χ1) is 3.63. The zero-order valence-electron chi connectivity index (χ0n) is 4.26. The van der Waals surface area contributed by atoms with Crippen molar-refractivity contribution in [3.8, 4) is 0 Å². The van der Waals surface area contributed by atoms with Crippen molar-refractivity contribution in [3.05, 3.63) is 11.5 Å². The Kier molecular flexibility index (Phi) is 3.81. The van der Waals surface area contributed by atoms with E-state index < -0.39 is 0 Å². The third kappa shape index (κ3) is 5.91. The highest BCUT2D eigenvalue weighted by molar-refractivity contribution is 8.14. The number of hydrogen-bond donors (Lipinski definition) is 2. The molecule has 0 aromatic carbocycles. The molecule has 0 bridgehead atoms. The molecule has 1 amide bonds. The van der Waals surface area contributed by atoms with Gasteiger partial charge in [-0.05, 0) is 4.91 Å². The van der Waals surface area contributed by atoms with Crippen LogP contribution in [0.5, 0.6) is 0 Å². The van der Waals surface area contributed by atoms with Gasteiger partial charge in [0.1, 0.15) is 0 Å². The van der Waals surface area contributed by atoms with Crippen LogP contribution in [0.1, 0.15) is 0 Å². The summed E-state index contributed by atoms with van der Waals surface area (Å²) in [4.78, 5) is 10.7. The standard InChI is InChI=1S/C4H7NOS2/c1-3(7)2-8-4(5)6/h7H,1-2H2,(H2,5,6). The second-order valence-electron chi connectivity index (χ2n) is 1.17. The van der Waals surface area contributed by atoms with Crippen LogP contribution in [0.3, 0.4) is 0 Å². The van der Waals surface area contributed by atoms with Crippen molar-refractivity contribution in [1.29, 1.82) is 0 Å². The van der Waals surface area contributed by atoms with Crippen LogP contribution in [0.4, 0.5) is 4.79 Å². The lowest BCUT2D eigenvalue weighted by Crippen LogP contribution is -2.02. The van der Waals surface area contributed by atoms with Gasteiger partial charge in [-0.15, -0.1) is 12.6 Å². The van der Waals surface area contributed by atoms with Crippen molar-refractivity contribution < 1.29 is 4.79 Å². The highest BCUT2D eigenvalue weighted by Crippen LogP contribution is 2.07. The fraction of sp³-hybridized carbons (Fsp3) is 0.250. The zero-order valence-corrected chi connectivity index (χ0v) is 5.97. The monoisotopic (exact) mass is 149 g/mol. The zero-order chi connectivity index (χ0) is 6.57. The molecule has 2 N–H and O–H groups in total. The predicted octanol–water partition coefficient (Wildman–Crippen LogP) is 1.24. The molecule has 0 aliphatic rings. The number of rotatable bonds is 2. The maximum Gasteiger partial charge on any atom is 0.276 e. The summed E-state index contributed by atoms with van der Waals surface area (Å²) >= 11 is 4.85. The van der Waals surface area contributed by atoms with Gasteiger partial charge in [0, 0.05) is 5.75 Å². The number of primary amides is 1. The van der Waals surface area contributed by atoms with Crippen molar-refractivity contribution >= 4 is 29.6 Å². The number of thioether (sulfide) groups is 1. The van der Waals surface area contributed by atoms with Gasteiger partial charge in [-0.2, -0.15) is 0 Å². The molecule has 0 aliphatic heterocycles. The first-order valence-corrected chi connectivity index (χ1v) is 3.35. The molecule has 0 aromatic heterocycles. The van der Waals surface area contributed by atoms with Crippen molar-refractivity contribution in [3.63, 3.8) is 0 Å². The second kappa shape index (κ2) is 3.86. The number of nitrogens with two attached hydrogens (primary N) is 1. The van der Waals surface area contributed by atoms with E-state index in [9.17, 15) is 4.79 Å². The molecule has 0 rings (SSSR count). The fourth-order valence-electron chi connectivity index (χ4n) is 0.154. The molecule has 0 heterocycles. The maximum atomic E-state index is 10.0. The summed E-state index contributed by atoms with van der Waals surface area (Å²) in [5.41, 5.74) is 4.79. The Balaban J connectivity index is 3.18. The van der Waals surface area contributed by atoms with Crippen LogP contribution < -0.4 is 5.73 Å². The van der Waals surface area contributed by atoms with E-state index in [1.54, 1.807) is 0 Å². The SMILES string of the molecule is C=C(S)CSC(N)=O. The molecule has 4 heteroatoms. The molecule has 0 aliphatic carbocycles. The average Bonchev–Trinajstić information content (AvgIpc) is 1.61. The van der Waals surface area contributed by atoms with Crippen LogP contribution in [-0.2, 0) is 0 Å². The van der Waals surface area contributed by atoms with E-state index in [2.05, 4.69) is 19.2 Å². The Labute approximate surface area is 57.9 Å². The van der Waals surface area contributed by atoms with Crippen LogP contribution >= 0.6 is 24.4 Å². The summed E-state index contributed by atoms with van der Waals surface area (Å²) in [5, 5.41) is -0.389. The molecule has 0 saturated heterocycles. The van der Waals surface area contributed by atoms with Gasteiger partial charge in [0.25, 0.3) is 5.24 Å². The van der Waals surface area contributed by atoms with Gasteiger partial charge in [0.15, 0.2) is 0 Å². The van der Waals surface area contributed by atoms with Gasteiger partial charge in [0.2, 0.25) is 0 Å². The Morgan fingerprint density at radius 3 is 2.50 bits per heavy atom. The minimum Gasteiger partial charge on any atom is -0.361 e. The lowest BCUT2D eigenvalue weighted by molar-refractivity contribution is 0.267. The molecule has 0 saturated carbocycles. The topological polar surface area (TPSA) is 43.1 Å². The van der Waals surface area contributed by atoms with E-state index in [0.717, 1.165) is 11.8 Å². The van der Waals surface area contributed by atoms with Gasteiger partial charge in [-0.1, -0.05) is 18.3 Å². The maximum absolute atomic E-state index is 10.0. The Hall–Kier alpha value is -0.0900. The molecule has 0 spiro atoms. The Bertz CT molecular complexity index is 98.6. The van der Waals surface area contributed by atoms with Gasteiger partial charge >= 0.3 is 0 Å². The van der Waals surface area contributed by atoms with Crippen LogP contribution in [-0.4, -0.2) is 11.0 Å². The predicted molar refractivity (Wildman–Crippen MR) is 40.2 cm³/mol. The molecule has 46 valence electrons. The van der Waals surface area contributed by atoms with Gasteiger partial charge in [-0.25, -0.2) is 0 Å². The number of amides is 1. The fourth-order valence-corrected chi connectivity index (χ4v) is 0.657. The molecule has 0 aromatic rings. The average molecular weight is 149 g/mol. The lowest BCUT2D eigenvalue weighted by Gasteiger charge is -1.90. The van der Waals surface area contributed by atoms with Gasteiger partial charge < -0.3 is 5.73 Å². The quantitative estimate of drug-likeness (QED) is 0.580. The van der Waals surface area contributed by atoms with Crippen LogP contribution in [0.25, 0.3) is 0 Å². The molecule has 0 atom stereocenters. The smallest absolute Gasteiger partial charge is 0.276 e. The molecular formula is C4H7NOS2. The summed E-state index contributed by atoms with van der Waals surface area (Å²) in [6, 6.07) is 0. The summed E-state index contributed by atoms with van der Waals surface area (Å²) < 4.78 is 0. The number of thiol groups is 1. The summed E-state index contributed by atoms with van der Waals surface area (Å²) in [7, 11) is 0. The third-order valence-corrected chi connectivity index (χ3v) is 1.53. The van der Waals surface area contributed by atoms with E-state index >= 15 is 0 Å². The van der Waals surface area contributed by atoms with E-state index in [1.807, 2.05) is 0 Å². The summed E-state index contributed by atoms with van der Waals surface area (Å²) in [5.74, 6) is 0.498. The van der Waals surface area contributed by atoms with E-state index in [4.69, 9.17) is 5.73 Å². The van der Waals surface area contributed by atoms with Crippen LogP contribution in [0.15, 0.2) is 11.5 Å². The molecule has 0 radical (unpaired) electrons. The minimum atomic E-state index is -0.389. The van der Waals surface area contributed by atoms with Crippen LogP contribution in [0.2, 0.25) is 0 Å². The van der Waals surface area contributed by atoms with E-state index in [0.29, 0.717) is 10.7 Å². The van der Waals surface area contributed by atoms with Crippen molar-refractivity contribution in [2.75, 3.05) is 5.75 Å². The highest BCUT2D eigenvalue weighted by Gasteiger charge is 1.92. The third-order valence-electron chi connectivity index (χ3n) is 0.381. The molecule has 0 fully saturated rings. The summed E-state index contributed by atoms with van der Waals surface area (Å²) in [6.45, 7) is 3.46. The minimum absolute atomic E-state index is 0.389. The first kappa shape index (κ1) is 7.91. The van der Waals surface area contributed by atoms with Crippen molar-refractivity contribution in [2.45, 2.75) is 0 Å². The van der Waals surface area contributed by atoms with Crippen molar-refractivity contribution in [1.82, 2.24) is 0 Å². The largest absolute Gasteiger partial charge is 0.361 e. The number of carbonyl (C=O) groups is 1. The Morgan fingerprint density at radius 2 is 2.38 bits per heavy atom. The van der Waals surface area contributed by atoms with E-state index in [1.165, 1.54) is 0 Å². The Morgan fingerprint density at radius 1 is 1.88 bits per heavy atom. The first-order valence-electron chi connectivity index (χ1n) is 1.92. The number of carbonyl (C=O) groups excluding carboxylic acids is 1. The van der Waals surface area contributed by atoms with E-state index in [-0.39, 0.29) is 5.24 Å².